The molecule has 3 heterocycles. The van der Waals surface area contributed by atoms with Gasteiger partial charge in [0.1, 0.15) is 17.7 Å². The van der Waals surface area contributed by atoms with Crippen molar-refractivity contribution in [3.05, 3.63) is 53.5 Å². The zero-order valence-corrected chi connectivity index (χ0v) is 10.8. The van der Waals surface area contributed by atoms with Gasteiger partial charge in [-0.25, -0.2) is 9.37 Å². The summed E-state index contributed by atoms with van der Waals surface area (Å²) in [5.74, 6) is 0.240. The van der Waals surface area contributed by atoms with Gasteiger partial charge in [-0.2, -0.15) is 0 Å². The van der Waals surface area contributed by atoms with Crippen molar-refractivity contribution in [1.29, 1.82) is 0 Å². The number of H-pyrrole nitrogens is 1. The maximum absolute atomic E-state index is 14.0. The highest BCUT2D eigenvalue weighted by Crippen LogP contribution is 2.34. The smallest absolute Gasteiger partial charge is 0.139 e. The number of rotatable bonds is 2. The van der Waals surface area contributed by atoms with E-state index in [0.29, 0.717) is 16.8 Å². The number of aromatic nitrogens is 3. The molecule has 0 fully saturated rings. The molecule has 0 saturated heterocycles. The van der Waals surface area contributed by atoms with Crippen LogP contribution in [0.25, 0.3) is 10.9 Å². The maximum atomic E-state index is 14.0. The van der Waals surface area contributed by atoms with E-state index in [1.807, 2.05) is 6.07 Å². The van der Waals surface area contributed by atoms with Gasteiger partial charge in [-0.05, 0) is 25.0 Å². The molecule has 3 aromatic rings. The number of aryl methyl sites for hydroxylation is 2. The number of nitrogens with zero attached hydrogens (tertiary/aromatic N) is 2. The predicted molar refractivity (Wildman–Crippen MR) is 72.9 cm³/mol. The largest absolute Gasteiger partial charge is 0.380 e. The van der Waals surface area contributed by atoms with Gasteiger partial charge in [0.05, 0.1) is 5.52 Å². The first-order valence-electron chi connectivity index (χ1n) is 6.73. The normalized spacial score (nSPS) is 15.7. The Bertz CT molecular complexity index is 776. The molecule has 0 spiro atoms. The highest BCUT2D eigenvalue weighted by atomic mass is 19.1. The van der Waals surface area contributed by atoms with Crippen LogP contribution in [0.3, 0.4) is 0 Å². The van der Waals surface area contributed by atoms with E-state index < -0.39 is 6.10 Å². The summed E-state index contributed by atoms with van der Waals surface area (Å²) in [5.41, 5.74) is 2.63. The van der Waals surface area contributed by atoms with Gasteiger partial charge in [-0.15, -0.1) is 0 Å². The van der Waals surface area contributed by atoms with Gasteiger partial charge >= 0.3 is 0 Å². The second-order valence-corrected chi connectivity index (χ2v) is 5.17. The number of hydrogen-bond acceptors (Lipinski definition) is 2. The van der Waals surface area contributed by atoms with E-state index in [4.69, 9.17) is 0 Å². The van der Waals surface area contributed by atoms with Gasteiger partial charge in [0, 0.05) is 35.6 Å². The van der Waals surface area contributed by atoms with Crippen molar-refractivity contribution in [2.45, 2.75) is 25.5 Å². The second-order valence-electron chi connectivity index (χ2n) is 5.17. The van der Waals surface area contributed by atoms with E-state index in [0.717, 1.165) is 30.6 Å². The van der Waals surface area contributed by atoms with Crippen LogP contribution in [0.15, 0.2) is 30.6 Å². The van der Waals surface area contributed by atoms with Crippen LogP contribution in [0, 0.1) is 5.82 Å². The van der Waals surface area contributed by atoms with Crippen molar-refractivity contribution in [2.75, 3.05) is 0 Å². The van der Waals surface area contributed by atoms with E-state index in [2.05, 4.69) is 14.5 Å². The fourth-order valence-electron chi connectivity index (χ4n) is 3.10. The van der Waals surface area contributed by atoms with Gasteiger partial charge in [-0.1, -0.05) is 6.07 Å². The summed E-state index contributed by atoms with van der Waals surface area (Å²) >= 11 is 0. The Labute approximate surface area is 114 Å². The molecule has 2 aromatic heterocycles. The zero-order chi connectivity index (χ0) is 13.7. The molecular formula is C15H14FN3O. The van der Waals surface area contributed by atoms with E-state index in [1.165, 1.54) is 6.07 Å². The topological polar surface area (TPSA) is 53.8 Å². The Morgan fingerprint density at radius 1 is 1.40 bits per heavy atom. The Kier molecular flexibility index (Phi) is 2.44. The molecule has 20 heavy (non-hydrogen) atoms. The molecular weight excluding hydrogens is 257 g/mol. The van der Waals surface area contributed by atoms with Crippen LogP contribution in [0.1, 0.15) is 29.6 Å². The average Bonchev–Trinajstić information content (AvgIpc) is 3.15. The number of fused-ring (bicyclic) bond motifs is 3. The Morgan fingerprint density at radius 2 is 2.30 bits per heavy atom. The number of hydrogen-bond donors (Lipinski definition) is 2. The molecule has 1 aliphatic heterocycles. The van der Waals surface area contributed by atoms with Crippen LogP contribution in [0.2, 0.25) is 0 Å². The first-order chi connectivity index (χ1) is 9.75. The van der Waals surface area contributed by atoms with Crippen molar-refractivity contribution in [2.24, 2.45) is 0 Å². The molecule has 5 heteroatoms. The third-order valence-corrected chi connectivity index (χ3v) is 4.01. The standard InChI is InChI=1S/C15H14FN3O/c16-12-4-3-10(14(20)15-17-5-6-18-15)13-11(12)8-9-2-1-7-19(9)13/h3-6,8,14,20H,1-2,7H2,(H,17,18). The van der Waals surface area contributed by atoms with Gasteiger partial charge < -0.3 is 14.7 Å². The van der Waals surface area contributed by atoms with Gasteiger partial charge in [0.2, 0.25) is 0 Å². The third-order valence-electron chi connectivity index (χ3n) is 4.01. The molecule has 0 amide bonds. The lowest BCUT2D eigenvalue weighted by Crippen LogP contribution is -2.05. The van der Waals surface area contributed by atoms with Gasteiger partial charge in [-0.3, -0.25) is 0 Å². The minimum Gasteiger partial charge on any atom is -0.380 e. The maximum Gasteiger partial charge on any atom is 0.139 e. The van der Waals surface area contributed by atoms with Gasteiger partial charge in [0.15, 0.2) is 0 Å². The second kappa shape index (κ2) is 4.18. The van der Waals surface area contributed by atoms with E-state index in [-0.39, 0.29) is 5.82 Å². The van der Waals surface area contributed by atoms with Crippen LogP contribution in [0.4, 0.5) is 4.39 Å². The van der Waals surface area contributed by atoms with Crippen LogP contribution in [-0.2, 0) is 13.0 Å². The number of aromatic amines is 1. The SMILES string of the molecule is OC(c1ncc[nH]1)c1ccc(F)c2cc3n(c12)CCC3. The summed E-state index contributed by atoms with van der Waals surface area (Å²) in [4.78, 5) is 7.00. The van der Waals surface area contributed by atoms with Crippen molar-refractivity contribution in [1.82, 2.24) is 14.5 Å². The quantitative estimate of drug-likeness (QED) is 0.752. The molecule has 1 unspecified atom stereocenters. The zero-order valence-electron chi connectivity index (χ0n) is 10.8. The number of aliphatic hydroxyl groups is 1. The predicted octanol–water partition coefficient (Wildman–Crippen LogP) is 2.53. The van der Waals surface area contributed by atoms with E-state index in [1.54, 1.807) is 18.5 Å². The molecule has 0 aliphatic carbocycles. The van der Waals surface area contributed by atoms with Crippen molar-refractivity contribution >= 4 is 10.9 Å². The Morgan fingerprint density at radius 3 is 3.10 bits per heavy atom. The summed E-state index contributed by atoms with van der Waals surface area (Å²) in [7, 11) is 0. The van der Waals surface area contributed by atoms with E-state index >= 15 is 0 Å². The summed E-state index contributed by atoms with van der Waals surface area (Å²) in [6.07, 6.45) is 4.43. The molecule has 0 saturated carbocycles. The number of benzene rings is 1. The molecule has 4 nitrogen and oxygen atoms in total. The number of halogens is 1. The minimum absolute atomic E-state index is 0.239. The Balaban J connectivity index is 1.98. The number of nitrogens with one attached hydrogen (secondary N) is 1. The summed E-state index contributed by atoms with van der Waals surface area (Å²) in [6, 6.07) is 4.96. The van der Waals surface area contributed by atoms with Crippen molar-refractivity contribution in [3.63, 3.8) is 0 Å². The Hall–Kier alpha value is -2.14. The first kappa shape index (κ1) is 11.7. The molecule has 1 aromatic carbocycles. The molecule has 0 radical (unpaired) electrons. The summed E-state index contributed by atoms with van der Waals surface area (Å²) < 4.78 is 16.1. The fourth-order valence-corrected chi connectivity index (χ4v) is 3.10. The molecule has 102 valence electrons. The molecule has 1 atom stereocenters. The number of aliphatic hydroxyl groups excluding tert-OH is 1. The highest BCUT2D eigenvalue weighted by molar-refractivity contribution is 5.86. The highest BCUT2D eigenvalue weighted by Gasteiger charge is 2.23. The van der Waals surface area contributed by atoms with Crippen LogP contribution >= 0.6 is 0 Å². The molecule has 1 aliphatic rings. The lowest BCUT2D eigenvalue weighted by Gasteiger charge is -2.13. The molecule has 0 bridgehead atoms. The number of imidazole rings is 1. The van der Waals surface area contributed by atoms with Crippen LogP contribution in [-0.4, -0.2) is 19.6 Å². The average molecular weight is 271 g/mol. The van der Waals surface area contributed by atoms with E-state index in [9.17, 15) is 9.50 Å². The molecule has 2 N–H and O–H groups in total. The minimum atomic E-state index is -0.868. The summed E-state index contributed by atoms with van der Waals surface area (Å²) in [5, 5.41) is 11.1. The molecule has 4 rings (SSSR count). The first-order valence-corrected chi connectivity index (χ1v) is 6.73. The lowest BCUT2D eigenvalue weighted by molar-refractivity contribution is 0.212. The fraction of sp³-hybridized carbons (Fsp3) is 0.267. The van der Waals surface area contributed by atoms with Crippen molar-refractivity contribution < 1.29 is 9.50 Å². The lowest BCUT2D eigenvalue weighted by atomic mass is 10.0. The monoisotopic (exact) mass is 271 g/mol. The van der Waals surface area contributed by atoms with Crippen LogP contribution in [0.5, 0.6) is 0 Å². The third kappa shape index (κ3) is 1.53. The van der Waals surface area contributed by atoms with Gasteiger partial charge in [0.25, 0.3) is 0 Å². The van der Waals surface area contributed by atoms with Crippen LogP contribution < -0.4 is 0 Å². The summed E-state index contributed by atoms with van der Waals surface area (Å²) in [6.45, 7) is 0.875. The van der Waals surface area contributed by atoms with Crippen molar-refractivity contribution in [3.8, 4) is 0 Å².